The summed E-state index contributed by atoms with van der Waals surface area (Å²) >= 11 is 6.19. The molecule has 0 amide bonds. The van der Waals surface area contributed by atoms with Gasteiger partial charge in [0.1, 0.15) is 5.75 Å². The van der Waals surface area contributed by atoms with E-state index in [0.717, 1.165) is 11.3 Å². The van der Waals surface area contributed by atoms with Crippen LogP contribution in [-0.4, -0.2) is 26.9 Å². The number of benzene rings is 1. The van der Waals surface area contributed by atoms with Crippen molar-refractivity contribution in [2.45, 2.75) is 5.41 Å². The van der Waals surface area contributed by atoms with E-state index in [1.54, 1.807) is 7.11 Å². The summed E-state index contributed by atoms with van der Waals surface area (Å²) in [6.07, 6.45) is 0. The van der Waals surface area contributed by atoms with Gasteiger partial charge in [0.25, 0.3) is 0 Å². The van der Waals surface area contributed by atoms with Gasteiger partial charge in [-0.25, -0.2) is 0 Å². The highest BCUT2D eigenvalue weighted by atomic mass is 35.5. The van der Waals surface area contributed by atoms with Gasteiger partial charge in [-0.15, -0.1) is 0 Å². The standard InChI is InChI=1S/C11H14ClNO2/c1-14-8-2-3-9(10(12)4-8)11(5-13)6-15-7-11/h2-4H,5-7,13H2,1H3. The first-order valence-corrected chi connectivity index (χ1v) is 5.21. The minimum atomic E-state index is -0.0939. The molecule has 1 aromatic rings. The van der Waals surface area contributed by atoms with E-state index in [2.05, 4.69) is 0 Å². The van der Waals surface area contributed by atoms with Crippen molar-refractivity contribution in [3.8, 4) is 5.75 Å². The quantitative estimate of drug-likeness (QED) is 0.853. The minimum absolute atomic E-state index is 0.0939. The van der Waals surface area contributed by atoms with E-state index in [-0.39, 0.29) is 5.41 Å². The van der Waals surface area contributed by atoms with Crippen molar-refractivity contribution < 1.29 is 9.47 Å². The summed E-state index contributed by atoms with van der Waals surface area (Å²) in [7, 11) is 1.62. The summed E-state index contributed by atoms with van der Waals surface area (Å²) in [5, 5.41) is 0.697. The topological polar surface area (TPSA) is 44.5 Å². The maximum absolute atomic E-state index is 6.19. The fourth-order valence-electron chi connectivity index (χ4n) is 1.78. The molecule has 3 nitrogen and oxygen atoms in total. The van der Waals surface area contributed by atoms with Crippen molar-refractivity contribution in [2.24, 2.45) is 5.73 Å². The number of rotatable bonds is 3. The van der Waals surface area contributed by atoms with Crippen molar-refractivity contribution in [1.29, 1.82) is 0 Å². The summed E-state index contributed by atoms with van der Waals surface area (Å²) in [4.78, 5) is 0. The van der Waals surface area contributed by atoms with Crippen LogP contribution < -0.4 is 10.5 Å². The summed E-state index contributed by atoms with van der Waals surface area (Å²) in [6.45, 7) is 1.85. The SMILES string of the molecule is COc1ccc(C2(CN)COC2)c(Cl)c1. The van der Waals surface area contributed by atoms with Gasteiger partial charge < -0.3 is 15.2 Å². The Balaban J connectivity index is 2.36. The Kier molecular flexibility index (Phi) is 2.87. The molecule has 1 aliphatic rings. The summed E-state index contributed by atoms with van der Waals surface area (Å²) in [5.41, 5.74) is 6.73. The van der Waals surface area contributed by atoms with Crippen LogP contribution in [0.5, 0.6) is 5.75 Å². The maximum atomic E-state index is 6.19. The fraction of sp³-hybridized carbons (Fsp3) is 0.455. The third-order valence-electron chi connectivity index (χ3n) is 2.90. The molecule has 0 aromatic heterocycles. The number of ether oxygens (including phenoxy) is 2. The average Bonchev–Trinajstić information content (AvgIpc) is 2.19. The Hall–Kier alpha value is -0.770. The van der Waals surface area contributed by atoms with E-state index in [9.17, 15) is 0 Å². The fourth-order valence-corrected chi connectivity index (χ4v) is 2.16. The number of nitrogens with two attached hydrogens (primary N) is 1. The summed E-state index contributed by atoms with van der Waals surface area (Å²) in [5.74, 6) is 0.760. The molecule has 0 bridgehead atoms. The van der Waals surface area contributed by atoms with Gasteiger partial charge >= 0.3 is 0 Å². The number of hydrogen-bond acceptors (Lipinski definition) is 3. The Bertz CT molecular complexity index is 358. The van der Waals surface area contributed by atoms with Gasteiger partial charge in [0.05, 0.1) is 25.7 Å². The van der Waals surface area contributed by atoms with Gasteiger partial charge in [-0.3, -0.25) is 0 Å². The maximum Gasteiger partial charge on any atom is 0.120 e. The molecule has 0 atom stereocenters. The highest BCUT2D eigenvalue weighted by molar-refractivity contribution is 6.31. The van der Waals surface area contributed by atoms with Crippen molar-refractivity contribution in [3.05, 3.63) is 28.8 Å². The van der Waals surface area contributed by atoms with Crippen molar-refractivity contribution in [1.82, 2.24) is 0 Å². The van der Waals surface area contributed by atoms with Gasteiger partial charge in [0.15, 0.2) is 0 Å². The van der Waals surface area contributed by atoms with Gasteiger partial charge in [0.2, 0.25) is 0 Å². The molecule has 2 rings (SSSR count). The van der Waals surface area contributed by atoms with Crippen molar-refractivity contribution >= 4 is 11.6 Å². The number of methoxy groups -OCH3 is 1. The molecule has 0 radical (unpaired) electrons. The molecule has 0 unspecified atom stereocenters. The second kappa shape index (κ2) is 4.00. The molecule has 82 valence electrons. The zero-order valence-electron chi connectivity index (χ0n) is 8.63. The Morgan fingerprint density at radius 1 is 1.53 bits per heavy atom. The highest BCUT2D eigenvalue weighted by Crippen LogP contribution is 2.37. The Labute approximate surface area is 94.1 Å². The first-order chi connectivity index (χ1) is 7.22. The molecular formula is C11H14ClNO2. The molecule has 2 N–H and O–H groups in total. The number of hydrogen-bond donors (Lipinski definition) is 1. The third-order valence-corrected chi connectivity index (χ3v) is 3.21. The first-order valence-electron chi connectivity index (χ1n) is 4.84. The molecule has 1 fully saturated rings. The minimum Gasteiger partial charge on any atom is -0.497 e. The first kappa shape index (κ1) is 10.7. The molecule has 0 saturated carbocycles. The largest absolute Gasteiger partial charge is 0.497 e. The van der Waals surface area contributed by atoms with Crippen LogP contribution in [0.25, 0.3) is 0 Å². The van der Waals surface area contributed by atoms with Gasteiger partial charge in [-0.2, -0.15) is 0 Å². The normalized spacial score (nSPS) is 18.3. The van der Waals surface area contributed by atoms with Crippen LogP contribution in [0.3, 0.4) is 0 Å². The number of halogens is 1. The second-order valence-electron chi connectivity index (χ2n) is 3.82. The lowest BCUT2D eigenvalue weighted by molar-refractivity contribution is -0.0550. The van der Waals surface area contributed by atoms with E-state index in [1.165, 1.54) is 0 Å². The van der Waals surface area contributed by atoms with Crippen LogP contribution in [-0.2, 0) is 10.2 Å². The summed E-state index contributed by atoms with van der Waals surface area (Å²) < 4.78 is 10.3. The lowest BCUT2D eigenvalue weighted by Gasteiger charge is -2.41. The highest BCUT2D eigenvalue weighted by Gasteiger charge is 2.40. The average molecular weight is 228 g/mol. The van der Waals surface area contributed by atoms with Crippen molar-refractivity contribution in [2.75, 3.05) is 26.9 Å². The monoisotopic (exact) mass is 227 g/mol. The molecule has 0 aliphatic carbocycles. The predicted molar refractivity (Wildman–Crippen MR) is 59.6 cm³/mol. The zero-order valence-corrected chi connectivity index (χ0v) is 9.38. The zero-order chi connectivity index (χ0) is 10.9. The van der Waals surface area contributed by atoms with Gasteiger partial charge in [-0.05, 0) is 17.7 Å². The van der Waals surface area contributed by atoms with Crippen LogP contribution in [0.2, 0.25) is 5.02 Å². The summed E-state index contributed by atoms with van der Waals surface area (Å²) in [6, 6.07) is 5.68. The smallest absolute Gasteiger partial charge is 0.120 e. The van der Waals surface area contributed by atoms with E-state index in [0.29, 0.717) is 24.8 Å². The molecule has 1 aromatic carbocycles. The molecule has 4 heteroatoms. The van der Waals surface area contributed by atoms with E-state index in [4.69, 9.17) is 26.8 Å². The lowest BCUT2D eigenvalue weighted by atomic mass is 9.79. The molecule has 0 spiro atoms. The van der Waals surface area contributed by atoms with Crippen molar-refractivity contribution in [3.63, 3.8) is 0 Å². The second-order valence-corrected chi connectivity index (χ2v) is 4.23. The predicted octanol–water partition coefficient (Wildman–Crippen LogP) is 1.58. The molecular weight excluding hydrogens is 214 g/mol. The van der Waals surface area contributed by atoms with Crippen LogP contribution in [0.1, 0.15) is 5.56 Å². The van der Waals surface area contributed by atoms with Gasteiger partial charge in [-0.1, -0.05) is 17.7 Å². The third kappa shape index (κ3) is 1.71. The van der Waals surface area contributed by atoms with Gasteiger partial charge in [0, 0.05) is 11.6 Å². The van der Waals surface area contributed by atoms with Crippen LogP contribution in [0.15, 0.2) is 18.2 Å². The van der Waals surface area contributed by atoms with Crippen LogP contribution >= 0.6 is 11.6 Å². The Morgan fingerprint density at radius 3 is 2.67 bits per heavy atom. The molecule has 1 heterocycles. The van der Waals surface area contributed by atoms with Crippen LogP contribution in [0.4, 0.5) is 0 Å². The Morgan fingerprint density at radius 2 is 2.27 bits per heavy atom. The van der Waals surface area contributed by atoms with E-state index >= 15 is 0 Å². The molecule has 1 aliphatic heterocycles. The van der Waals surface area contributed by atoms with E-state index in [1.807, 2.05) is 18.2 Å². The van der Waals surface area contributed by atoms with Crippen LogP contribution in [0, 0.1) is 0 Å². The lowest BCUT2D eigenvalue weighted by Crippen LogP contribution is -2.52. The molecule has 15 heavy (non-hydrogen) atoms. The van der Waals surface area contributed by atoms with E-state index < -0.39 is 0 Å². The molecule has 1 saturated heterocycles.